The van der Waals surface area contributed by atoms with Gasteiger partial charge in [0.2, 0.25) is 17.7 Å². The predicted molar refractivity (Wildman–Crippen MR) is 156 cm³/mol. The number of aryl methyl sites for hydroxylation is 2. The molecule has 3 fully saturated rings. The van der Waals surface area contributed by atoms with E-state index in [4.69, 9.17) is 9.47 Å². The number of anilines is 2. The number of fused-ring (bicyclic) bond motifs is 1. The molecule has 3 N–H and O–H groups in total. The highest BCUT2D eigenvalue weighted by atomic mass is 16.5. The van der Waals surface area contributed by atoms with Crippen molar-refractivity contribution in [3.8, 4) is 5.75 Å². The molecule has 3 saturated heterocycles. The van der Waals surface area contributed by atoms with Gasteiger partial charge in [0.05, 0.1) is 24.0 Å². The molecule has 2 aromatic carbocycles. The number of benzene rings is 2. The number of amides is 3. The van der Waals surface area contributed by atoms with Crippen LogP contribution >= 0.6 is 0 Å². The highest BCUT2D eigenvalue weighted by Gasteiger charge is 2.79. The molecule has 0 aliphatic carbocycles. The van der Waals surface area contributed by atoms with Crippen LogP contribution in [0.15, 0.2) is 42.5 Å². The molecule has 0 aromatic heterocycles. The van der Waals surface area contributed by atoms with E-state index in [1.54, 1.807) is 29.2 Å². The van der Waals surface area contributed by atoms with Crippen molar-refractivity contribution in [1.29, 1.82) is 0 Å². The van der Waals surface area contributed by atoms with Crippen molar-refractivity contribution < 1.29 is 29.0 Å². The maximum Gasteiger partial charge on any atom is 0.250 e. The van der Waals surface area contributed by atoms with Crippen LogP contribution in [0.25, 0.3) is 0 Å². The summed E-state index contributed by atoms with van der Waals surface area (Å²) < 4.78 is 12.3. The molecule has 3 heterocycles. The molecule has 0 saturated carbocycles. The second-order valence-electron chi connectivity index (χ2n) is 11.9. The number of hydrogen-bond acceptors (Lipinski definition) is 6. The molecule has 3 aliphatic heterocycles. The monoisotopic (exact) mass is 563 g/mol. The van der Waals surface area contributed by atoms with Crippen LogP contribution in [0.4, 0.5) is 11.4 Å². The lowest BCUT2D eigenvalue weighted by atomic mass is 9.62. The summed E-state index contributed by atoms with van der Waals surface area (Å²) in [6.07, 6.45) is 1.53. The average molecular weight is 564 g/mol. The first-order chi connectivity index (χ1) is 19.6. The minimum Gasteiger partial charge on any atom is -0.494 e. The van der Waals surface area contributed by atoms with E-state index in [1.807, 2.05) is 52.8 Å². The first kappa shape index (κ1) is 29.1. The van der Waals surface area contributed by atoms with Gasteiger partial charge in [-0.2, -0.15) is 0 Å². The van der Waals surface area contributed by atoms with E-state index < -0.39 is 29.1 Å². The average Bonchev–Trinajstić information content (AvgIpc) is 3.44. The first-order valence-electron chi connectivity index (χ1n) is 14.6. The van der Waals surface area contributed by atoms with Gasteiger partial charge in [-0.1, -0.05) is 19.1 Å². The maximum absolute atomic E-state index is 14.2. The Labute approximate surface area is 241 Å². The Kier molecular flexibility index (Phi) is 7.87. The number of likely N-dealkylation sites (tertiary alicyclic amines) is 1. The zero-order valence-electron chi connectivity index (χ0n) is 24.5. The third kappa shape index (κ3) is 4.89. The fraction of sp³-hybridized carbons (Fsp3) is 0.531. The quantitative estimate of drug-likeness (QED) is 0.376. The van der Waals surface area contributed by atoms with E-state index in [1.165, 1.54) is 0 Å². The van der Waals surface area contributed by atoms with Gasteiger partial charge in [-0.15, -0.1) is 0 Å². The van der Waals surface area contributed by atoms with Gasteiger partial charge in [0, 0.05) is 24.5 Å². The summed E-state index contributed by atoms with van der Waals surface area (Å²) in [6.45, 7) is 10.6. The van der Waals surface area contributed by atoms with Gasteiger partial charge in [-0.05, 0) is 94.3 Å². The minimum atomic E-state index is -1.13. The minimum absolute atomic E-state index is 0.00528. The number of aliphatic hydroxyl groups excluding tert-OH is 1. The SMILES string of the molecule is CCOc1ccc(NC(=O)[C@H]2[C@H]3C(=O)N(CCCCO)C(C(=O)Nc4cc(C)ccc4C)C34CC(C)[C@]2(C)O4)cc1. The second-order valence-corrected chi connectivity index (χ2v) is 11.9. The Hall–Kier alpha value is -3.43. The number of nitrogens with one attached hydrogen (secondary N) is 2. The van der Waals surface area contributed by atoms with Gasteiger partial charge in [0.15, 0.2) is 0 Å². The van der Waals surface area contributed by atoms with Crippen molar-refractivity contribution in [3.05, 3.63) is 53.6 Å². The molecule has 0 radical (unpaired) electrons. The van der Waals surface area contributed by atoms with Gasteiger partial charge in [0.1, 0.15) is 17.4 Å². The van der Waals surface area contributed by atoms with E-state index in [-0.39, 0.29) is 30.2 Å². The molecular weight excluding hydrogens is 522 g/mol. The molecule has 9 heteroatoms. The number of ether oxygens (including phenoxy) is 2. The van der Waals surface area contributed by atoms with Gasteiger partial charge < -0.3 is 30.1 Å². The van der Waals surface area contributed by atoms with Gasteiger partial charge in [-0.3, -0.25) is 14.4 Å². The summed E-state index contributed by atoms with van der Waals surface area (Å²) in [5.74, 6) is -1.78. The topological polar surface area (TPSA) is 117 Å². The van der Waals surface area contributed by atoms with Crippen molar-refractivity contribution >= 4 is 29.1 Å². The van der Waals surface area contributed by atoms with Crippen molar-refractivity contribution in [2.75, 3.05) is 30.4 Å². The van der Waals surface area contributed by atoms with Crippen LogP contribution in [0.5, 0.6) is 5.75 Å². The molecule has 6 atom stereocenters. The molecule has 2 bridgehead atoms. The van der Waals surface area contributed by atoms with Crippen molar-refractivity contribution in [2.45, 2.75) is 71.1 Å². The summed E-state index contributed by atoms with van der Waals surface area (Å²) in [5.41, 5.74) is 1.17. The molecule has 2 aromatic rings. The lowest BCUT2D eigenvalue weighted by Crippen LogP contribution is -2.54. The van der Waals surface area contributed by atoms with Crippen molar-refractivity contribution in [3.63, 3.8) is 0 Å². The smallest absolute Gasteiger partial charge is 0.250 e. The van der Waals surface area contributed by atoms with Crippen LogP contribution in [0.1, 0.15) is 51.2 Å². The lowest BCUT2D eigenvalue weighted by molar-refractivity contribution is -0.144. The number of nitrogens with zero attached hydrogens (tertiary/aromatic N) is 1. The Bertz CT molecular complexity index is 1330. The summed E-state index contributed by atoms with van der Waals surface area (Å²) in [4.78, 5) is 43.8. The summed E-state index contributed by atoms with van der Waals surface area (Å²) in [7, 11) is 0. The molecular formula is C32H41N3O6. The highest BCUT2D eigenvalue weighted by molar-refractivity contribution is 6.05. The Morgan fingerprint density at radius 2 is 1.83 bits per heavy atom. The second kappa shape index (κ2) is 11.1. The van der Waals surface area contributed by atoms with Crippen LogP contribution in [0, 0.1) is 31.6 Å². The summed E-state index contributed by atoms with van der Waals surface area (Å²) >= 11 is 0. The molecule has 5 rings (SSSR count). The zero-order valence-corrected chi connectivity index (χ0v) is 24.5. The van der Waals surface area contributed by atoms with Crippen LogP contribution in [-0.2, 0) is 19.1 Å². The van der Waals surface area contributed by atoms with E-state index in [0.29, 0.717) is 49.5 Å². The summed E-state index contributed by atoms with van der Waals surface area (Å²) in [6, 6.07) is 12.1. The Morgan fingerprint density at radius 1 is 1.10 bits per heavy atom. The first-order valence-corrected chi connectivity index (χ1v) is 14.6. The van der Waals surface area contributed by atoms with E-state index >= 15 is 0 Å². The Balaban J connectivity index is 1.49. The summed E-state index contributed by atoms with van der Waals surface area (Å²) in [5, 5.41) is 15.5. The number of carbonyl (C=O) groups excluding carboxylic acids is 3. The van der Waals surface area contributed by atoms with Crippen LogP contribution in [0.2, 0.25) is 0 Å². The normalized spacial score (nSPS) is 29.9. The lowest BCUT2D eigenvalue weighted by Gasteiger charge is -2.36. The molecule has 3 aliphatic rings. The molecule has 1 spiro atoms. The number of rotatable bonds is 10. The molecule has 3 unspecified atom stereocenters. The predicted octanol–water partition coefficient (Wildman–Crippen LogP) is 4.06. The Morgan fingerprint density at radius 3 is 2.51 bits per heavy atom. The molecule has 9 nitrogen and oxygen atoms in total. The maximum atomic E-state index is 14.2. The van der Waals surface area contributed by atoms with Crippen molar-refractivity contribution in [1.82, 2.24) is 4.90 Å². The highest BCUT2D eigenvalue weighted by Crippen LogP contribution is 2.65. The number of hydrogen-bond donors (Lipinski definition) is 3. The van der Waals surface area contributed by atoms with Crippen molar-refractivity contribution in [2.24, 2.45) is 17.8 Å². The van der Waals surface area contributed by atoms with E-state index in [2.05, 4.69) is 10.6 Å². The van der Waals surface area contributed by atoms with E-state index in [0.717, 1.165) is 11.1 Å². The van der Waals surface area contributed by atoms with Gasteiger partial charge in [-0.25, -0.2) is 0 Å². The van der Waals surface area contributed by atoms with Gasteiger partial charge >= 0.3 is 0 Å². The largest absolute Gasteiger partial charge is 0.494 e. The molecule has 220 valence electrons. The fourth-order valence-corrected chi connectivity index (χ4v) is 7.17. The number of unbranched alkanes of at least 4 members (excludes halogenated alkanes) is 1. The van der Waals surface area contributed by atoms with Crippen LogP contribution in [-0.4, -0.2) is 64.7 Å². The third-order valence-corrected chi connectivity index (χ3v) is 9.24. The third-order valence-electron chi connectivity index (χ3n) is 9.24. The fourth-order valence-electron chi connectivity index (χ4n) is 7.17. The van der Waals surface area contributed by atoms with Crippen LogP contribution in [0.3, 0.4) is 0 Å². The standard InChI is InChI=1S/C32H41N3O6/c1-6-40-23-13-11-22(12-14-23)33-28(37)25-26-30(39)35(15-7-8-16-36)27(32(26)18-21(4)31(25,5)41-32)29(38)34-24-17-19(2)9-10-20(24)3/h9-14,17,21,25-27,36H,6-8,15-16,18H2,1-5H3,(H,33,37)(H,34,38)/t21?,25-,26+,27?,31+,32?/m1/s1. The van der Waals surface area contributed by atoms with Gasteiger partial charge in [0.25, 0.3) is 0 Å². The number of aliphatic hydroxyl groups is 1. The zero-order chi connectivity index (χ0) is 29.5. The molecule has 3 amide bonds. The molecule has 41 heavy (non-hydrogen) atoms. The van der Waals surface area contributed by atoms with Crippen LogP contribution < -0.4 is 15.4 Å². The van der Waals surface area contributed by atoms with E-state index in [9.17, 15) is 19.5 Å². The number of carbonyl (C=O) groups is 3.